The van der Waals surface area contributed by atoms with E-state index < -0.39 is 5.97 Å². The van der Waals surface area contributed by atoms with E-state index in [1.165, 1.54) is 6.20 Å². The Kier molecular flexibility index (Phi) is 4.96. The van der Waals surface area contributed by atoms with Crippen molar-refractivity contribution in [3.8, 4) is 0 Å². The number of carboxylic acid groups (broad SMARTS) is 1. The van der Waals surface area contributed by atoms with Crippen LogP contribution in [0.5, 0.6) is 0 Å². The molecular weight excluding hydrogens is 354 g/mol. The summed E-state index contributed by atoms with van der Waals surface area (Å²) in [6.45, 7) is 3.19. The highest BCUT2D eigenvalue weighted by atomic mass is 16.4. The zero-order valence-electron chi connectivity index (χ0n) is 16.3. The van der Waals surface area contributed by atoms with Gasteiger partial charge in [0.1, 0.15) is 5.56 Å². The lowest BCUT2D eigenvalue weighted by atomic mass is 9.77. The quantitative estimate of drug-likeness (QED) is 0.879. The molecule has 1 saturated carbocycles. The number of benzene rings is 1. The molecule has 2 aliphatic rings. The molecule has 2 heterocycles. The number of hydrogen-bond donors (Lipinski definition) is 1. The molecule has 0 bridgehead atoms. The summed E-state index contributed by atoms with van der Waals surface area (Å²) < 4.78 is 1.83. The van der Waals surface area contributed by atoms with Crippen LogP contribution in [-0.2, 0) is 10.2 Å². The number of carbonyl (C=O) groups excluding carboxylic acids is 1. The predicted octanol–water partition coefficient (Wildman–Crippen LogP) is 3.57. The molecule has 6 heteroatoms. The van der Waals surface area contributed by atoms with Gasteiger partial charge in [0.05, 0.1) is 23.3 Å². The van der Waals surface area contributed by atoms with Gasteiger partial charge in [0, 0.05) is 13.1 Å². The largest absolute Gasteiger partial charge is 0.478 e. The molecule has 1 amide bonds. The van der Waals surface area contributed by atoms with Gasteiger partial charge < -0.3 is 10.0 Å². The summed E-state index contributed by atoms with van der Waals surface area (Å²) >= 11 is 0. The van der Waals surface area contributed by atoms with Crippen molar-refractivity contribution in [1.29, 1.82) is 0 Å². The van der Waals surface area contributed by atoms with Crippen molar-refractivity contribution >= 4 is 11.9 Å². The Hall–Kier alpha value is -2.63. The summed E-state index contributed by atoms with van der Waals surface area (Å²) in [5, 5.41) is 13.5. The minimum atomic E-state index is -0.942. The second-order valence-electron chi connectivity index (χ2n) is 8.07. The highest BCUT2D eigenvalue weighted by Crippen LogP contribution is 2.43. The number of carbonyl (C=O) groups is 2. The van der Waals surface area contributed by atoms with Crippen LogP contribution < -0.4 is 0 Å². The van der Waals surface area contributed by atoms with Gasteiger partial charge in [0.15, 0.2) is 0 Å². The van der Waals surface area contributed by atoms with Crippen molar-refractivity contribution in [2.45, 2.75) is 56.9 Å². The molecule has 1 aromatic heterocycles. The lowest BCUT2D eigenvalue weighted by Gasteiger charge is -2.39. The molecule has 0 radical (unpaired) electrons. The van der Waals surface area contributed by atoms with Crippen LogP contribution in [0.1, 0.15) is 66.2 Å². The zero-order chi connectivity index (χ0) is 19.7. The summed E-state index contributed by atoms with van der Waals surface area (Å²) in [7, 11) is 0. The Morgan fingerprint density at radius 1 is 1.11 bits per heavy atom. The number of nitrogens with zero attached hydrogens (tertiary/aromatic N) is 3. The maximum Gasteiger partial charge on any atom is 0.339 e. The molecule has 1 aromatic carbocycles. The molecule has 148 valence electrons. The third-order valence-electron chi connectivity index (χ3n) is 6.57. The molecule has 6 nitrogen and oxygen atoms in total. The van der Waals surface area contributed by atoms with E-state index in [-0.39, 0.29) is 22.9 Å². The van der Waals surface area contributed by atoms with Crippen molar-refractivity contribution in [2.24, 2.45) is 0 Å². The molecule has 0 spiro atoms. The lowest BCUT2D eigenvalue weighted by molar-refractivity contribution is -0.138. The number of aromatic nitrogens is 2. The number of rotatable bonds is 4. The fourth-order valence-electron chi connectivity index (χ4n) is 4.98. The number of likely N-dealkylation sites (tertiary alicyclic amines) is 1. The lowest BCUT2D eigenvalue weighted by Crippen LogP contribution is -2.48. The summed E-state index contributed by atoms with van der Waals surface area (Å²) in [5.41, 5.74) is 1.72. The Morgan fingerprint density at radius 3 is 2.32 bits per heavy atom. The average molecular weight is 381 g/mol. The van der Waals surface area contributed by atoms with Gasteiger partial charge in [-0.1, -0.05) is 43.2 Å². The second kappa shape index (κ2) is 7.41. The van der Waals surface area contributed by atoms with Crippen LogP contribution in [0.3, 0.4) is 0 Å². The summed E-state index contributed by atoms with van der Waals surface area (Å²) in [4.78, 5) is 26.8. The van der Waals surface area contributed by atoms with Crippen LogP contribution in [0.2, 0.25) is 0 Å². The van der Waals surface area contributed by atoms with E-state index in [0.717, 1.165) is 44.1 Å². The topological polar surface area (TPSA) is 75.4 Å². The van der Waals surface area contributed by atoms with E-state index >= 15 is 0 Å². The third kappa shape index (κ3) is 3.11. The van der Waals surface area contributed by atoms with E-state index in [0.29, 0.717) is 18.8 Å². The molecule has 1 saturated heterocycles. The maximum absolute atomic E-state index is 13.6. The maximum atomic E-state index is 13.6. The molecule has 4 rings (SSSR count). The monoisotopic (exact) mass is 381 g/mol. The summed E-state index contributed by atoms with van der Waals surface area (Å²) in [6, 6.07) is 10.4. The fraction of sp³-hybridized carbons (Fsp3) is 0.500. The van der Waals surface area contributed by atoms with E-state index in [9.17, 15) is 14.7 Å². The number of aromatic carboxylic acids is 1. The summed E-state index contributed by atoms with van der Waals surface area (Å²) in [6.07, 6.45) is 7.09. The highest BCUT2D eigenvalue weighted by molar-refractivity contribution is 5.89. The van der Waals surface area contributed by atoms with Crippen LogP contribution in [0.15, 0.2) is 36.5 Å². The zero-order valence-corrected chi connectivity index (χ0v) is 16.3. The second-order valence-corrected chi connectivity index (χ2v) is 8.07. The molecular formula is C22H27N3O3. The molecule has 1 aliphatic carbocycles. The van der Waals surface area contributed by atoms with E-state index in [1.54, 1.807) is 6.92 Å². The van der Waals surface area contributed by atoms with Crippen LogP contribution in [0.25, 0.3) is 0 Å². The Morgan fingerprint density at radius 2 is 1.75 bits per heavy atom. The molecule has 2 fully saturated rings. The highest BCUT2D eigenvalue weighted by Gasteiger charge is 2.45. The predicted molar refractivity (Wildman–Crippen MR) is 105 cm³/mol. The van der Waals surface area contributed by atoms with E-state index in [2.05, 4.69) is 17.2 Å². The van der Waals surface area contributed by atoms with Crippen LogP contribution in [0, 0.1) is 6.92 Å². The number of amides is 1. The van der Waals surface area contributed by atoms with E-state index in [4.69, 9.17) is 0 Å². The van der Waals surface area contributed by atoms with Crippen LogP contribution in [-0.4, -0.2) is 44.8 Å². The first-order valence-corrected chi connectivity index (χ1v) is 10.2. The molecule has 2 aromatic rings. The van der Waals surface area contributed by atoms with Crippen molar-refractivity contribution in [3.63, 3.8) is 0 Å². The van der Waals surface area contributed by atoms with Gasteiger partial charge in [-0.2, -0.15) is 5.10 Å². The van der Waals surface area contributed by atoms with Crippen molar-refractivity contribution in [3.05, 3.63) is 53.3 Å². The Balaban J connectivity index is 1.49. The number of piperidine rings is 1. The molecule has 0 unspecified atom stereocenters. The third-order valence-corrected chi connectivity index (χ3v) is 6.57. The van der Waals surface area contributed by atoms with Crippen LogP contribution in [0.4, 0.5) is 0 Å². The molecule has 28 heavy (non-hydrogen) atoms. The SMILES string of the molecule is Cc1c(C(=O)O)cnn1C1CCN(C(=O)C2(c3ccccc3)CCCC2)CC1. The minimum absolute atomic E-state index is 0.147. The summed E-state index contributed by atoms with van der Waals surface area (Å²) in [5.74, 6) is -0.680. The normalized spacial score (nSPS) is 19.7. The van der Waals surface area contributed by atoms with Crippen molar-refractivity contribution in [1.82, 2.24) is 14.7 Å². The average Bonchev–Trinajstić information content (AvgIpc) is 3.36. The van der Waals surface area contributed by atoms with Gasteiger partial charge in [-0.25, -0.2) is 4.79 Å². The molecule has 1 aliphatic heterocycles. The van der Waals surface area contributed by atoms with Crippen molar-refractivity contribution in [2.75, 3.05) is 13.1 Å². The van der Waals surface area contributed by atoms with Crippen LogP contribution >= 0.6 is 0 Å². The van der Waals surface area contributed by atoms with E-state index in [1.807, 2.05) is 27.8 Å². The van der Waals surface area contributed by atoms with Gasteiger partial charge in [-0.15, -0.1) is 0 Å². The Bertz CT molecular complexity index is 860. The molecule has 1 N–H and O–H groups in total. The number of hydrogen-bond acceptors (Lipinski definition) is 3. The first kappa shape index (κ1) is 18.7. The molecule has 0 atom stereocenters. The smallest absolute Gasteiger partial charge is 0.339 e. The van der Waals surface area contributed by atoms with Gasteiger partial charge in [0.2, 0.25) is 5.91 Å². The Labute approximate surface area is 165 Å². The number of carboxylic acids is 1. The van der Waals surface area contributed by atoms with Gasteiger partial charge in [-0.05, 0) is 38.2 Å². The fourth-order valence-corrected chi connectivity index (χ4v) is 4.98. The standard InChI is InChI=1S/C22H27N3O3/c1-16-19(20(26)27)15-23-25(16)18-9-13-24(14-10-18)21(28)22(11-5-6-12-22)17-7-3-2-4-8-17/h2-4,7-8,15,18H,5-6,9-14H2,1H3,(H,26,27). The first-order chi connectivity index (χ1) is 13.5. The first-order valence-electron chi connectivity index (χ1n) is 10.2. The van der Waals surface area contributed by atoms with Gasteiger partial charge in [-0.3, -0.25) is 9.48 Å². The van der Waals surface area contributed by atoms with Gasteiger partial charge in [0.25, 0.3) is 0 Å². The van der Waals surface area contributed by atoms with Crippen molar-refractivity contribution < 1.29 is 14.7 Å². The minimum Gasteiger partial charge on any atom is -0.478 e. The van der Waals surface area contributed by atoms with Gasteiger partial charge >= 0.3 is 5.97 Å².